The maximum absolute atomic E-state index is 10.7. The van der Waals surface area contributed by atoms with Crippen molar-refractivity contribution in [2.24, 2.45) is 11.5 Å². The molecule has 10 heteroatoms. The normalized spacial score (nSPS) is 31.8. The topological polar surface area (TPSA) is 170 Å². The van der Waals surface area contributed by atoms with E-state index < -0.39 is 30.3 Å². The Morgan fingerprint density at radius 1 is 1.35 bits per heavy atom. The third-order valence-electron chi connectivity index (χ3n) is 4.84. The first-order valence-electron chi connectivity index (χ1n) is 8.47. The summed E-state index contributed by atoms with van der Waals surface area (Å²) in [4.78, 5) is 13.9. The van der Waals surface area contributed by atoms with Gasteiger partial charge in [-0.3, -0.25) is 4.79 Å². The van der Waals surface area contributed by atoms with Gasteiger partial charge in [0.15, 0.2) is 0 Å². The van der Waals surface area contributed by atoms with Crippen LogP contribution in [0.1, 0.15) is 23.8 Å². The van der Waals surface area contributed by atoms with Crippen LogP contribution < -0.4 is 22.1 Å². The maximum Gasteiger partial charge on any atom is 0.320 e. The number of nitrogens with one attached hydrogen (secondary N) is 3. The van der Waals surface area contributed by atoms with Gasteiger partial charge in [-0.25, -0.2) is 0 Å². The van der Waals surface area contributed by atoms with Crippen LogP contribution in [0.4, 0.5) is 0 Å². The van der Waals surface area contributed by atoms with Gasteiger partial charge in [0, 0.05) is 35.3 Å². The zero-order chi connectivity index (χ0) is 18.8. The van der Waals surface area contributed by atoms with E-state index in [9.17, 15) is 15.0 Å². The van der Waals surface area contributed by atoms with Crippen LogP contribution in [-0.2, 0) is 4.79 Å². The second-order valence-corrected chi connectivity index (χ2v) is 7.74. The van der Waals surface area contributed by atoms with Crippen molar-refractivity contribution in [2.75, 3.05) is 11.5 Å². The molecular formula is C16H25N5O4S. The fourth-order valence-electron chi connectivity index (χ4n) is 3.30. The summed E-state index contributed by atoms with van der Waals surface area (Å²) in [5.41, 5.74) is 14.1. The van der Waals surface area contributed by atoms with Crippen molar-refractivity contribution < 1.29 is 20.1 Å². The molecule has 9 nitrogen and oxygen atoms in total. The van der Waals surface area contributed by atoms with E-state index in [1.807, 2.05) is 6.07 Å². The molecule has 3 heterocycles. The number of rotatable bonds is 7. The van der Waals surface area contributed by atoms with Gasteiger partial charge in [-0.15, -0.1) is 0 Å². The van der Waals surface area contributed by atoms with Gasteiger partial charge in [-0.1, -0.05) is 0 Å². The molecule has 0 saturated carbocycles. The molecule has 1 saturated heterocycles. The summed E-state index contributed by atoms with van der Waals surface area (Å²) < 4.78 is 0. The van der Waals surface area contributed by atoms with E-state index in [0.717, 1.165) is 16.8 Å². The Kier molecular flexibility index (Phi) is 5.90. The second kappa shape index (κ2) is 7.99. The third-order valence-corrected chi connectivity index (χ3v) is 5.96. The average molecular weight is 383 g/mol. The number of carboxylic acids is 1. The van der Waals surface area contributed by atoms with Gasteiger partial charge in [0.05, 0.1) is 17.8 Å². The SMILES string of the molecule is NC(CCSCC1NC(C2=CNC(N)c3cc[nH]c32)C(O)C1O)C(=O)O. The van der Waals surface area contributed by atoms with Gasteiger partial charge in [0.2, 0.25) is 0 Å². The quantitative estimate of drug-likeness (QED) is 0.261. The molecule has 0 amide bonds. The molecule has 1 aromatic rings. The zero-order valence-corrected chi connectivity index (χ0v) is 14.9. The van der Waals surface area contributed by atoms with E-state index in [4.69, 9.17) is 16.6 Å². The number of carbonyl (C=O) groups is 1. The molecule has 144 valence electrons. The minimum atomic E-state index is -1.02. The van der Waals surface area contributed by atoms with Gasteiger partial charge in [0.25, 0.3) is 0 Å². The number of aromatic nitrogens is 1. The van der Waals surface area contributed by atoms with Crippen LogP contribution in [0, 0.1) is 0 Å². The maximum atomic E-state index is 10.7. The van der Waals surface area contributed by atoms with E-state index in [1.165, 1.54) is 11.8 Å². The molecule has 1 fully saturated rings. The monoisotopic (exact) mass is 383 g/mol. The van der Waals surface area contributed by atoms with Gasteiger partial charge >= 0.3 is 5.97 Å². The number of nitrogens with two attached hydrogens (primary N) is 2. The third kappa shape index (κ3) is 3.75. The predicted molar refractivity (Wildman–Crippen MR) is 99.1 cm³/mol. The Hall–Kier alpha value is -1.56. The highest BCUT2D eigenvalue weighted by atomic mass is 32.2. The smallest absolute Gasteiger partial charge is 0.320 e. The number of aliphatic carboxylic acids is 1. The summed E-state index contributed by atoms with van der Waals surface area (Å²) in [7, 11) is 0. The molecule has 0 aliphatic carbocycles. The summed E-state index contributed by atoms with van der Waals surface area (Å²) in [5.74, 6) is 0.0922. The van der Waals surface area contributed by atoms with Gasteiger partial charge in [-0.2, -0.15) is 11.8 Å². The zero-order valence-electron chi connectivity index (χ0n) is 14.1. The lowest BCUT2D eigenvalue weighted by Crippen LogP contribution is -2.39. The Labute approximate surface area is 155 Å². The Morgan fingerprint density at radius 2 is 2.12 bits per heavy atom. The van der Waals surface area contributed by atoms with Crippen LogP contribution in [0.15, 0.2) is 18.5 Å². The van der Waals surface area contributed by atoms with Crippen molar-refractivity contribution in [1.82, 2.24) is 15.6 Å². The van der Waals surface area contributed by atoms with Crippen LogP contribution in [-0.4, -0.2) is 68.1 Å². The fraction of sp³-hybridized carbons (Fsp3) is 0.562. The Bertz CT molecular complexity index is 681. The molecule has 0 spiro atoms. The summed E-state index contributed by atoms with van der Waals surface area (Å²) in [6.07, 6.45) is 1.72. The number of aliphatic hydroxyl groups excluding tert-OH is 2. The predicted octanol–water partition coefficient (Wildman–Crippen LogP) is -1.49. The summed E-state index contributed by atoms with van der Waals surface area (Å²) in [6, 6.07) is 0.262. The lowest BCUT2D eigenvalue weighted by atomic mass is 9.94. The van der Waals surface area contributed by atoms with Crippen molar-refractivity contribution in [1.29, 1.82) is 0 Å². The van der Waals surface area contributed by atoms with Crippen LogP contribution in [0.5, 0.6) is 0 Å². The van der Waals surface area contributed by atoms with E-state index >= 15 is 0 Å². The van der Waals surface area contributed by atoms with E-state index in [1.54, 1.807) is 12.4 Å². The number of fused-ring (bicyclic) bond motifs is 1. The van der Waals surface area contributed by atoms with Crippen LogP contribution in [0.2, 0.25) is 0 Å². The molecule has 2 aliphatic rings. The van der Waals surface area contributed by atoms with E-state index in [2.05, 4.69) is 15.6 Å². The molecule has 6 atom stereocenters. The van der Waals surface area contributed by atoms with Gasteiger partial charge in [-0.05, 0) is 18.2 Å². The first kappa shape index (κ1) is 19.2. The number of hydrogen-bond acceptors (Lipinski definition) is 8. The lowest BCUT2D eigenvalue weighted by Gasteiger charge is -2.26. The minimum Gasteiger partial charge on any atom is -0.480 e. The van der Waals surface area contributed by atoms with Crippen LogP contribution in [0.25, 0.3) is 5.57 Å². The number of carboxylic acid groups (broad SMARTS) is 1. The molecule has 0 radical (unpaired) electrons. The number of hydrogen-bond donors (Lipinski definition) is 8. The fourth-order valence-corrected chi connectivity index (χ4v) is 4.44. The standard InChI is InChI=1S/C16H25N5O4S/c17-9(16(24)25)2-4-26-6-10-13(22)14(23)12(21-10)8-5-20-15(18)7-1-3-19-11(7)8/h1,3,5,9-10,12-15,19-23H,2,4,6,17-18H2,(H,24,25). The highest BCUT2D eigenvalue weighted by Crippen LogP contribution is 2.33. The number of thioether (sulfide) groups is 1. The van der Waals surface area contributed by atoms with Crippen molar-refractivity contribution in [3.8, 4) is 0 Å². The molecule has 2 aliphatic heterocycles. The first-order chi connectivity index (χ1) is 12.4. The van der Waals surface area contributed by atoms with Gasteiger partial charge < -0.3 is 42.4 Å². The lowest BCUT2D eigenvalue weighted by molar-refractivity contribution is -0.138. The van der Waals surface area contributed by atoms with E-state index in [0.29, 0.717) is 17.9 Å². The number of aromatic amines is 1. The van der Waals surface area contributed by atoms with Crippen molar-refractivity contribution in [3.63, 3.8) is 0 Å². The molecule has 3 rings (SSSR count). The summed E-state index contributed by atoms with van der Waals surface area (Å²) >= 11 is 1.50. The number of H-pyrrole nitrogens is 1. The van der Waals surface area contributed by atoms with Crippen molar-refractivity contribution >= 4 is 23.3 Å². The molecule has 6 unspecified atom stereocenters. The summed E-state index contributed by atoms with van der Waals surface area (Å²) in [6.45, 7) is 0. The van der Waals surface area contributed by atoms with Crippen LogP contribution in [0.3, 0.4) is 0 Å². The molecule has 1 aromatic heterocycles. The van der Waals surface area contributed by atoms with Gasteiger partial charge in [0.1, 0.15) is 18.3 Å². The van der Waals surface area contributed by atoms with E-state index in [-0.39, 0.29) is 12.2 Å². The van der Waals surface area contributed by atoms with Crippen LogP contribution >= 0.6 is 11.8 Å². The Balaban J connectivity index is 1.59. The second-order valence-electron chi connectivity index (χ2n) is 6.59. The molecular weight excluding hydrogens is 358 g/mol. The summed E-state index contributed by atoms with van der Waals surface area (Å²) in [5, 5.41) is 36.0. The Morgan fingerprint density at radius 3 is 2.85 bits per heavy atom. The minimum absolute atomic E-state index is 0.309. The molecule has 10 N–H and O–H groups in total. The highest BCUT2D eigenvalue weighted by Gasteiger charge is 2.44. The largest absolute Gasteiger partial charge is 0.480 e. The van der Waals surface area contributed by atoms with Crippen molar-refractivity contribution in [2.45, 2.75) is 42.9 Å². The highest BCUT2D eigenvalue weighted by molar-refractivity contribution is 7.99. The number of aliphatic hydroxyl groups is 2. The molecule has 0 aromatic carbocycles. The molecule has 0 bridgehead atoms. The average Bonchev–Trinajstić information content (AvgIpc) is 3.20. The van der Waals surface area contributed by atoms with Crippen molar-refractivity contribution in [3.05, 3.63) is 29.7 Å². The molecule has 26 heavy (non-hydrogen) atoms. The first-order valence-corrected chi connectivity index (χ1v) is 9.63.